The zero-order chi connectivity index (χ0) is 14.7. The molecule has 104 valence electrons. The van der Waals surface area contributed by atoms with E-state index < -0.39 is 28.7 Å². The number of nitrogens with one attached hydrogen (secondary N) is 2. The minimum Gasteiger partial charge on any atom is -0.348 e. The lowest BCUT2D eigenvalue weighted by Gasteiger charge is -2.21. The van der Waals surface area contributed by atoms with Crippen LogP contribution in [-0.4, -0.2) is 28.7 Å². The van der Waals surface area contributed by atoms with E-state index in [-0.39, 0.29) is 24.1 Å². The number of benzene rings is 1. The number of piperidine rings is 1. The van der Waals surface area contributed by atoms with Crippen molar-refractivity contribution in [2.45, 2.75) is 18.9 Å². The average Bonchev–Trinajstić information content (AvgIpc) is 2.37. The van der Waals surface area contributed by atoms with Crippen molar-refractivity contribution >= 4 is 23.4 Å². The molecule has 0 saturated carbocycles. The van der Waals surface area contributed by atoms with Gasteiger partial charge in [-0.1, -0.05) is 12.1 Å². The van der Waals surface area contributed by atoms with Crippen LogP contribution in [0.2, 0.25) is 0 Å². The number of hydrogen-bond donors (Lipinski definition) is 2. The van der Waals surface area contributed by atoms with Crippen LogP contribution in [0.4, 0.5) is 5.69 Å². The standard InChI is InChI=1S/C12H11N3O5/c16-10-5-7(6-11(17)14-10)13-12(18)8-3-1-2-4-9(8)15(19)20/h1-4,7H,5-6H2,(H,13,18)(H,14,16,17). The summed E-state index contributed by atoms with van der Waals surface area (Å²) >= 11 is 0. The van der Waals surface area contributed by atoms with E-state index in [0.717, 1.165) is 0 Å². The van der Waals surface area contributed by atoms with E-state index in [1.807, 2.05) is 0 Å². The zero-order valence-corrected chi connectivity index (χ0v) is 10.3. The fourth-order valence-electron chi connectivity index (χ4n) is 1.97. The highest BCUT2D eigenvalue weighted by Crippen LogP contribution is 2.18. The Kier molecular flexibility index (Phi) is 3.74. The van der Waals surface area contributed by atoms with Gasteiger partial charge in [0, 0.05) is 24.9 Å². The summed E-state index contributed by atoms with van der Waals surface area (Å²) in [6.07, 6.45) is -0.0593. The van der Waals surface area contributed by atoms with Crippen LogP contribution >= 0.6 is 0 Å². The van der Waals surface area contributed by atoms with E-state index in [4.69, 9.17) is 0 Å². The topological polar surface area (TPSA) is 118 Å². The van der Waals surface area contributed by atoms with E-state index in [9.17, 15) is 24.5 Å². The molecule has 2 N–H and O–H groups in total. The van der Waals surface area contributed by atoms with Crippen LogP contribution < -0.4 is 10.6 Å². The molecular weight excluding hydrogens is 266 g/mol. The van der Waals surface area contributed by atoms with Gasteiger partial charge in [0.1, 0.15) is 5.56 Å². The van der Waals surface area contributed by atoms with Gasteiger partial charge in [0.15, 0.2) is 0 Å². The van der Waals surface area contributed by atoms with Crippen LogP contribution in [0.3, 0.4) is 0 Å². The van der Waals surface area contributed by atoms with Crippen LogP contribution in [0.15, 0.2) is 24.3 Å². The maximum atomic E-state index is 12.0. The number of carbonyl (C=O) groups excluding carboxylic acids is 3. The van der Waals surface area contributed by atoms with Crippen molar-refractivity contribution in [1.82, 2.24) is 10.6 Å². The molecule has 0 aliphatic carbocycles. The summed E-state index contributed by atoms with van der Waals surface area (Å²) in [4.78, 5) is 44.5. The molecule has 1 fully saturated rings. The van der Waals surface area contributed by atoms with Gasteiger partial charge in [0.2, 0.25) is 11.8 Å². The Morgan fingerprint density at radius 1 is 1.25 bits per heavy atom. The molecule has 1 saturated heterocycles. The van der Waals surface area contributed by atoms with E-state index in [2.05, 4.69) is 10.6 Å². The van der Waals surface area contributed by atoms with Gasteiger partial charge in [-0.2, -0.15) is 0 Å². The molecule has 1 aromatic rings. The van der Waals surface area contributed by atoms with Gasteiger partial charge in [0.25, 0.3) is 11.6 Å². The fourth-order valence-corrected chi connectivity index (χ4v) is 1.97. The summed E-state index contributed by atoms with van der Waals surface area (Å²) in [7, 11) is 0. The summed E-state index contributed by atoms with van der Waals surface area (Å²) in [6, 6.07) is 4.84. The molecule has 2 rings (SSSR count). The number of nitro benzene ring substituents is 1. The lowest BCUT2D eigenvalue weighted by molar-refractivity contribution is -0.385. The van der Waals surface area contributed by atoms with Crippen molar-refractivity contribution in [3.63, 3.8) is 0 Å². The van der Waals surface area contributed by atoms with Gasteiger partial charge in [-0.3, -0.25) is 29.8 Å². The Morgan fingerprint density at radius 3 is 2.45 bits per heavy atom. The van der Waals surface area contributed by atoms with Crippen LogP contribution in [0, 0.1) is 10.1 Å². The highest BCUT2D eigenvalue weighted by molar-refractivity contribution is 6.01. The molecule has 8 heteroatoms. The van der Waals surface area contributed by atoms with Crippen LogP contribution in [0.25, 0.3) is 0 Å². The monoisotopic (exact) mass is 277 g/mol. The Bertz CT molecular complexity index is 583. The van der Waals surface area contributed by atoms with Gasteiger partial charge in [-0.05, 0) is 6.07 Å². The van der Waals surface area contributed by atoms with Gasteiger partial charge in [0.05, 0.1) is 4.92 Å². The summed E-state index contributed by atoms with van der Waals surface area (Å²) < 4.78 is 0. The molecule has 0 bridgehead atoms. The lowest BCUT2D eigenvalue weighted by atomic mass is 10.0. The first-order chi connectivity index (χ1) is 9.47. The minimum absolute atomic E-state index is 0.0297. The molecule has 0 unspecified atom stereocenters. The molecule has 0 atom stereocenters. The smallest absolute Gasteiger partial charge is 0.282 e. The van der Waals surface area contributed by atoms with Crippen molar-refractivity contribution in [2.75, 3.05) is 0 Å². The molecule has 1 aromatic carbocycles. The normalized spacial score (nSPS) is 15.6. The number of carbonyl (C=O) groups is 3. The van der Waals surface area contributed by atoms with Gasteiger partial charge < -0.3 is 5.32 Å². The molecule has 3 amide bonds. The molecule has 0 radical (unpaired) electrons. The number of imide groups is 1. The highest BCUT2D eigenvalue weighted by atomic mass is 16.6. The largest absolute Gasteiger partial charge is 0.348 e. The molecule has 8 nitrogen and oxygen atoms in total. The molecule has 1 aliphatic rings. The third-order valence-corrected chi connectivity index (χ3v) is 2.82. The number of nitrogens with zero attached hydrogens (tertiary/aromatic N) is 1. The van der Waals surface area contributed by atoms with E-state index in [1.54, 1.807) is 0 Å². The third-order valence-electron chi connectivity index (χ3n) is 2.82. The van der Waals surface area contributed by atoms with Crippen LogP contribution in [0.5, 0.6) is 0 Å². The Labute approximate surface area is 113 Å². The molecule has 1 heterocycles. The number of para-hydroxylation sites is 1. The summed E-state index contributed by atoms with van der Waals surface area (Å²) in [5.74, 6) is -1.63. The van der Waals surface area contributed by atoms with Crippen molar-refractivity contribution < 1.29 is 19.3 Å². The molecule has 20 heavy (non-hydrogen) atoms. The number of rotatable bonds is 3. The number of nitro groups is 1. The van der Waals surface area contributed by atoms with Crippen molar-refractivity contribution in [2.24, 2.45) is 0 Å². The molecule has 0 spiro atoms. The second kappa shape index (κ2) is 5.47. The average molecular weight is 277 g/mol. The fraction of sp³-hybridized carbons (Fsp3) is 0.250. The molecule has 1 aliphatic heterocycles. The van der Waals surface area contributed by atoms with Crippen molar-refractivity contribution in [3.05, 3.63) is 39.9 Å². The number of amides is 3. The zero-order valence-electron chi connectivity index (χ0n) is 10.3. The second-order valence-electron chi connectivity index (χ2n) is 4.32. The maximum absolute atomic E-state index is 12.0. The van der Waals surface area contributed by atoms with E-state index in [0.29, 0.717) is 0 Å². The predicted octanol–water partition coefficient (Wildman–Crippen LogP) is 0.130. The van der Waals surface area contributed by atoms with Crippen LogP contribution in [0.1, 0.15) is 23.2 Å². The summed E-state index contributed by atoms with van der Waals surface area (Å²) in [6.45, 7) is 0. The first-order valence-electron chi connectivity index (χ1n) is 5.84. The molecule has 0 aromatic heterocycles. The summed E-state index contributed by atoms with van der Waals surface area (Å²) in [5, 5.41) is 15.4. The van der Waals surface area contributed by atoms with Crippen molar-refractivity contribution in [3.8, 4) is 0 Å². The summed E-state index contributed by atoms with van der Waals surface area (Å²) in [5.41, 5.74) is -0.424. The first kappa shape index (κ1) is 13.7. The van der Waals surface area contributed by atoms with E-state index in [1.165, 1.54) is 24.3 Å². The van der Waals surface area contributed by atoms with Gasteiger partial charge in [-0.25, -0.2) is 0 Å². The SMILES string of the molecule is O=C1CC(NC(=O)c2ccccc2[N+](=O)[O-])CC(=O)N1. The lowest BCUT2D eigenvalue weighted by Crippen LogP contribution is -2.48. The Balaban J connectivity index is 2.14. The molecular formula is C12H11N3O5. The Hall–Kier alpha value is -2.77. The van der Waals surface area contributed by atoms with Crippen LogP contribution in [-0.2, 0) is 9.59 Å². The van der Waals surface area contributed by atoms with Gasteiger partial charge >= 0.3 is 0 Å². The third kappa shape index (κ3) is 2.97. The first-order valence-corrected chi connectivity index (χ1v) is 5.84. The number of hydrogen-bond acceptors (Lipinski definition) is 5. The Morgan fingerprint density at radius 2 is 1.85 bits per heavy atom. The quantitative estimate of drug-likeness (QED) is 0.462. The minimum atomic E-state index is -0.676. The van der Waals surface area contributed by atoms with E-state index >= 15 is 0 Å². The maximum Gasteiger partial charge on any atom is 0.282 e. The highest BCUT2D eigenvalue weighted by Gasteiger charge is 2.28. The van der Waals surface area contributed by atoms with Crippen molar-refractivity contribution in [1.29, 1.82) is 0 Å². The predicted molar refractivity (Wildman–Crippen MR) is 66.7 cm³/mol. The second-order valence-corrected chi connectivity index (χ2v) is 4.32. The van der Waals surface area contributed by atoms with Gasteiger partial charge in [-0.15, -0.1) is 0 Å².